The molecular formula is C14H18N4O. The molecule has 0 unspecified atom stereocenters. The van der Waals surface area contributed by atoms with E-state index < -0.39 is 5.54 Å². The zero-order chi connectivity index (χ0) is 14.0. The number of nitrogens with zero attached hydrogens (tertiary/aromatic N) is 4. The van der Waals surface area contributed by atoms with Gasteiger partial charge in [-0.2, -0.15) is 5.26 Å². The van der Waals surface area contributed by atoms with Gasteiger partial charge in [-0.25, -0.2) is 4.98 Å². The molecule has 1 aliphatic carbocycles. The lowest BCUT2D eigenvalue weighted by Crippen LogP contribution is -2.53. The van der Waals surface area contributed by atoms with Crippen LogP contribution in [-0.4, -0.2) is 42.5 Å². The van der Waals surface area contributed by atoms with Gasteiger partial charge in [-0.1, -0.05) is 0 Å². The van der Waals surface area contributed by atoms with Gasteiger partial charge in [0.1, 0.15) is 11.4 Å². The van der Waals surface area contributed by atoms with Gasteiger partial charge in [-0.05, 0) is 31.4 Å². The summed E-state index contributed by atoms with van der Waals surface area (Å²) in [7, 11) is 5.46. The van der Waals surface area contributed by atoms with Crippen LogP contribution in [0.5, 0.6) is 0 Å². The average Bonchev–Trinajstić information content (AvgIpc) is 2.37. The van der Waals surface area contributed by atoms with Gasteiger partial charge in [0.2, 0.25) is 0 Å². The van der Waals surface area contributed by atoms with E-state index in [4.69, 9.17) is 0 Å². The first-order valence-corrected chi connectivity index (χ1v) is 6.33. The van der Waals surface area contributed by atoms with Crippen LogP contribution in [-0.2, 0) is 0 Å². The van der Waals surface area contributed by atoms with Crippen molar-refractivity contribution in [2.24, 2.45) is 0 Å². The van der Waals surface area contributed by atoms with Gasteiger partial charge in [0.15, 0.2) is 0 Å². The van der Waals surface area contributed by atoms with Gasteiger partial charge in [-0.3, -0.25) is 4.79 Å². The maximum atomic E-state index is 12.4. The number of nitriles is 1. The number of hydrogen-bond donors (Lipinski definition) is 0. The summed E-state index contributed by atoms with van der Waals surface area (Å²) in [5.74, 6) is 0.616. The number of carbonyl (C=O) groups is 1. The third kappa shape index (κ3) is 2.26. The van der Waals surface area contributed by atoms with Crippen molar-refractivity contribution in [3.05, 3.63) is 23.9 Å². The Morgan fingerprint density at radius 1 is 1.42 bits per heavy atom. The smallest absolute Gasteiger partial charge is 0.255 e. The van der Waals surface area contributed by atoms with Gasteiger partial charge in [0.05, 0.1) is 6.07 Å². The maximum Gasteiger partial charge on any atom is 0.255 e. The van der Waals surface area contributed by atoms with Crippen LogP contribution < -0.4 is 4.90 Å². The lowest BCUT2D eigenvalue weighted by atomic mass is 9.76. The second-order valence-corrected chi connectivity index (χ2v) is 5.16. The first-order valence-electron chi connectivity index (χ1n) is 6.33. The Bertz CT molecular complexity index is 528. The summed E-state index contributed by atoms with van der Waals surface area (Å²) < 4.78 is 0. The van der Waals surface area contributed by atoms with E-state index >= 15 is 0 Å². The van der Waals surface area contributed by atoms with E-state index in [1.165, 1.54) is 0 Å². The molecule has 5 heteroatoms. The zero-order valence-electron chi connectivity index (χ0n) is 11.6. The minimum Gasteiger partial charge on any atom is -0.363 e. The van der Waals surface area contributed by atoms with Crippen molar-refractivity contribution >= 4 is 11.7 Å². The summed E-state index contributed by atoms with van der Waals surface area (Å²) in [6.45, 7) is 0. The van der Waals surface area contributed by atoms with Crippen LogP contribution in [0, 0.1) is 11.3 Å². The quantitative estimate of drug-likeness (QED) is 0.827. The molecule has 1 fully saturated rings. The van der Waals surface area contributed by atoms with Crippen molar-refractivity contribution in [3.63, 3.8) is 0 Å². The fourth-order valence-electron chi connectivity index (χ4n) is 2.22. The van der Waals surface area contributed by atoms with Crippen LogP contribution in [0.1, 0.15) is 29.6 Å². The third-order valence-electron chi connectivity index (χ3n) is 3.79. The summed E-state index contributed by atoms with van der Waals surface area (Å²) in [5.41, 5.74) is -0.0405. The Hall–Kier alpha value is -2.09. The molecule has 19 heavy (non-hydrogen) atoms. The fourth-order valence-corrected chi connectivity index (χ4v) is 2.22. The molecule has 0 bridgehead atoms. The van der Waals surface area contributed by atoms with Crippen LogP contribution >= 0.6 is 0 Å². The number of hydrogen-bond acceptors (Lipinski definition) is 4. The highest BCUT2D eigenvalue weighted by atomic mass is 16.2. The molecule has 5 nitrogen and oxygen atoms in total. The molecule has 0 radical (unpaired) electrons. The molecule has 1 heterocycles. The van der Waals surface area contributed by atoms with Crippen LogP contribution in [0.15, 0.2) is 18.3 Å². The Morgan fingerprint density at radius 2 is 2.11 bits per heavy atom. The van der Waals surface area contributed by atoms with Crippen molar-refractivity contribution in [3.8, 4) is 6.07 Å². The van der Waals surface area contributed by atoms with Crippen molar-refractivity contribution in [2.75, 3.05) is 26.0 Å². The standard InChI is InChI=1S/C14H18N4O/c1-17(2)12-9-11(5-8-16-12)13(19)18(3)14(10-15)6-4-7-14/h5,8-9H,4,6-7H2,1-3H3. The SMILES string of the molecule is CN(C)c1cc(C(=O)N(C)C2(C#N)CCC2)ccn1. The molecule has 1 aromatic heterocycles. The Balaban J connectivity index is 2.25. The van der Waals surface area contributed by atoms with Crippen molar-refractivity contribution < 1.29 is 4.79 Å². The molecular weight excluding hydrogens is 240 g/mol. The fraction of sp³-hybridized carbons (Fsp3) is 0.500. The van der Waals surface area contributed by atoms with Crippen molar-refractivity contribution in [1.82, 2.24) is 9.88 Å². The molecule has 0 spiro atoms. The normalized spacial score (nSPS) is 16.1. The molecule has 1 aromatic rings. The molecule has 0 N–H and O–H groups in total. The zero-order valence-corrected chi connectivity index (χ0v) is 11.6. The molecule has 0 saturated heterocycles. The molecule has 0 aromatic carbocycles. The number of pyridine rings is 1. The molecule has 1 aliphatic rings. The molecule has 1 saturated carbocycles. The van der Waals surface area contributed by atoms with E-state index in [9.17, 15) is 10.1 Å². The predicted molar refractivity (Wildman–Crippen MR) is 72.9 cm³/mol. The maximum absolute atomic E-state index is 12.4. The van der Waals surface area contributed by atoms with E-state index in [0.717, 1.165) is 25.1 Å². The monoisotopic (exact) mass is 258 g/mol. The third-order valence-corrected chi connectivity index (χ3v) is 3.79. The number of aromatic nitrogens is 1. The van der Waals surface area contributed by atoms with E-state index in [1.807, 2.05) is 19.0 Å². The van der Waals surface area contributed by atoms with E-state index in [-0.39, 0.29) is 5.91 Å². The summed E-state index contributed by atoms with van der Waals surface area (Å²) in [5, 5.41) is 9.28. The summed E-state index contributed by atoms with van der Waals surface area (Å²) in [6, 6.07) is 5.72. The Kier molecular flexibility index (Phi) is 3.43. The van der Waals surface area contributed by atoms with Gasteiger partial charge in [0.25, 0.3) is 5.91 Å². The van der Waals surface area contributed by atoms with E-state index in [2.05, 4.69) is 11.1 Å². The van der Waals surface area contributed by atoms with Crippen LogP contribution in [0.2, 0.25) is 0 Å². The van der Waals surface area contributed by atoms with Gasteiger partial charge < -0.3 is 9.80 Å². The van der Waals surface area contributed by atoms with Crippen molar-refractivity contribution in [1.29, 1.82) is 5.26 Å². The predicted octanol–water partition coefficient (Wildman–Crippen LogP) is 1.67. The minimum atomic E-state index is -0.612. The van der Waals surface area contributed by atoms with Gasteiger partial charge in [0, 0.05) is 32.9 Å². The largest absolute Gasteiger partial charge is 0.363 e. The number of amides is 1. The number of carbonyl (C=O) groups excluding carboxylic acids is 1. The summed E-state index contributed by atoms with van der Waals surface area (Å²) >= 11 is 0. The summed E-state index contributed by atoms with van der Waals surface area (Å²) in [6.07, 6.45) is 4.15. The number of rotatable bonds is 3. The van der Waals surface area contributed by atoms with Crippen LogP contribution in [0.3, 0.4) is 0 Å². The highest BCUT2D eigenvalue weighted by molar-refractivity contribution is 5.95. The lowest BCUT2D eigenvalue weighted by molar-refractivity contribution is 0.0497. The first kappa shape index (κ1) is 13.3. The van der Waals surface area contributed by atoms with Crippen LogP contribution in [0.4, 0.5) is 5.82 Å². The van der Waals surface area contributed by atoms with Gasteiger partial charge >= 0.3 is 0 Å². The van der Waals surface area contributed by atoms with E-state index in [1.54, 1.807) is 30.3 Å². The van der Waals surface area contributed by atoms with Crippen LogP contribution in [0.25, 0.3) is 0 Å². The molecule has 2 rings (SSSR count). The minimum absolute atomic E-state index is 0.119. The topological polar surface area (TPSA) is 60.2 Å². The number of anilines is 1. The molecule has 0 atom stereocenters. The first-order chi connectivity index (χ1) is 9.00. The average molecular weight is 258 g/mol. The molecule has 1 amide bonds. The second kappa shape index (κ2) is 4.88. The lowest BCUT2D eigenvalue weighted by Gasteiger charge is -2.42. The Morgan fingerprint density at radius 3 is 2.58 bits per heavy atom. The van der Waals surface area contributed by atoms with Crippen molar-refractivity contribution in [2.45, 2.75) is 24.8 Å². The second-order valence-electron chi connectivity index (χ2n) is 5.16. The Labute approximate surface area is 113 Å². The van der Waals surface area contributed by atoms with E-state index in [0.29, 0.717) is 5.56 Å². The highest BCUT2D eigenvalue weighted by Crippen LogP contribution is 2.37. The summed E-state index contributed by atoms with van der Waals surface area (Å²) in [4.78, 5) is 20.1. The van der Waals surface area contributed by atoms with Gasteiger partial charge in [-0.15, -0.1) is 0 Å². The molecule has 0 aliphatic heterocycles. The molecule has 100 valence electrons. The highest BCUT2D eigenvalue weighted by Gasteiger charge is 2.43.